The fraction of sp³-hybridized carbons (Fsp3) is 0.286. The number of H-pyrrole nitrogens is 1. The van der Waals surface area contributed by atoms with Crippen molar-refractivity contribution in [3.63, 3.8) is 0 Å². The van der Waals surface area contributed by atoms with E-state index >= 15 is 0 Å². The first kappa shape index (κ1) is 11.0. The van der Waals surface area contributed by atoms with Gasteiger partial charge in [0.1, 0.15) is 0 Å². The Balaban J connectivity index is 2.49. The van der Waals surface area contributed by atoms with Crippen LogP contribution in [-0.2, 0) is 6.54 Å². The molecule has 2 heterocycles. The molecular formula is C14H15N3O. The summed E-state index contributed by atoms with van der Waals surface area (Å²) in [5.41, 5.74) is 2.30. The highest BCUT2D eigenvalue weighted by Crippen LogP contribution is 2.20. The van der Waals surface area contributed by atoms with E-state index in [0.29, 0.717) is 18.0 Å². The van der Waals surface area contributed by atoms with Crippen LogP contribution in [0, 0.1) is 5.92 Å². The van der Waals surface area contributed by atoms with E-state index < -0.39 is 0 Å². The van der Waals surface area contributed by atoms with Crippen LogP contribution >= 0.6 is 0 Å². The molecule has 0 aliphatic rings. The maximum Gasteiger partial charge on any atom is 0.279 e. The Hall–Kier alpha value is -2.10. The zero-order valence-corrected chi connectivity index (χ0v) is 10.5. The molecule has 0 saturated heterocycles. The number of nitrogens with zero attached hydrogens (tertiary/aromatic N) is 2. The lowest BCUT2D eigenvalue weighted by Crippen LogP contribution is -2.23. The van der Waals surface area contributed by atoms with Crippen LogP contribution < -0.4 is 5.56 Å². The number of rotatable bonds is 2. The van der Waals surface area contributed by atoms with Crippen molar-refractivity contribution in [3.8, 4) is 0 Å². The lowest BCUT2D eigenvalue weighted by atomic mass is 10.1. The number of aromatic amines is 1. The number of para-hydroxylation sites is 1. The molecule has 92 valence electrons. The number of pyridine rings is 1. The van der Waals surface area contributed by atoms with Crippen LogP contribution in [0.2, 0.25) is 0 Å². The van der Waals surface area contributed by atoms with Crippen LogP contribution in [-0.4, -0.2) is 14.5 Å². The molecule has 1 N–H and O–H groups in total. The van der Waals surface area contributed by atoms with Crippen LogP contribution in [0.25, 0.3) is 21.9 Å². The first-order chi connectivity index (χ1) is 8.68. The molecular weight excluding hydrogens is 226 g/mol. The first-order valence-electron chi connectivity index (χ1n) is 6.13. The van der Waals surface area contributed by atoms with Gasteiger partial charge in [-0.15, -0.1) is 0 Å². The summed E-state index contributed by atoms with van der Waals surface area (Å²) < 4.78 is 1.82. The summed E-state index contributed by atoms with van der Waals surface area (Å²) in [4.78, 5) is 19.6. The molecule has 0 bridgehead atoms. The lowest BCUT2D eigenvalue weighted by Gasteiger charge is -2.12. The number of benzene rings is 1. The quantitative estimate of drug-likeness (QED) is 0.749. The zero-order chi connectivity index (χ0) is 12.7. The van der Waals surface area contributed by atoms with Gasteiger partial charge in [0, 0.05) is 11.9 Å². The molecule has 0 aliphatic heterocycles. The van der Waals surface area contributed by atoms with E-state index in [1.54, 1.807) is 6.33 Å². The summed E-state index contributed by atoms with van der Waals surface area (Å²) in [6.07, 6.45) is 1.58. The van der Waals surface area contributed by atoms with Crippen molar-refractivity contribution in [1.82, 2.24) is 14.5 Å². The summed E-state index contributed by atoms with van der Waals surface area (Å²) in [6.45, 7) is 4.92. The van der Waals surface area contributed by atoms with Gasteiger partial charge >= 0.3 is 0 Å². The summed E-state index contributed by atoms with van der Waals surface area (Å²) >= 11 is 0. The van der Waals surface area contributed by atoms with Gasteiger partial charge in [0.15, 0.2) is 5.52 Å². The fourth-order valence-corrected chi connectivity index (χ4v) is 2.37. The molecule has 0 spiro atoms. The van der Waals surface area contributed by atoms with Crippen molar-refractivity contribution in [3.05, 3.63) is 40.9 Å². The monoisotopic (exact) mass is 241 g/mol. The third kappa shape index (κ3) is 1.53. The highest BCUT2D eigenvalue weighted by molar-refractivity contribution is 6.01. The minimum atomic E-state index is -0.0151. The van der Waals surface area contributed by atoms with Crippen molar-refractivity contribution < 1.29 is 0 Å². The third-order valence-corrected chi connectivity index (χ3v) is 3.10. The maximum absolute atomic E-state index is 12.4. The summed E-state index contributed by atoms with van der Waals surface area (Å²) in [6, 6.07) is 7.94. The van der Waals surface area contributed by atoms with Crippen LogP contribution in [0.5, 0.6) is 0 Å². The molecule has 0 unspecified atom stereocenters. The van der Waals surface area contributed by atoms with Crippen molar-refractivity contribution in [2.45, 2.75) is 20.4 Å². The number of imidazole rings is 1. The average Bonchev–Trinajstić information content (AvgIpc) is 2.83. The second-order valence-electron chi connectivity index (χ2n) is 4.95. The normalized spacial score (nSPS) is 11.7. The molecule has 2 aromatic heterocycles. The van der Waals surface area contributed by atoms with Crippen molar-refractivity contribution in [2.75, 3.05) is 0 Å². The van der Waals surface area contributed by atoms with Crippen molar-refractivity contribution in [1.29, 1.82) is 0 Å². The summed E-state index contributed by atoms with van der Waals surface area (Å²) in [7, 11) is 0. The number of hydrogen-bond acceptors (Lipinski definition) is 2. The molecule has 0 saturated carbocycles. The molecule has 0 atom stereocenters. The molecule has 3 aromatic rings. The Morgan fingerprint density at radius 3 is 2.89 bits per heavy atom. The number of fused-ring (bicyclic) bond motifs is 3. The van der Waals surface area contributed by atoms with Crippen LogP contribution in [0.3, 0.4) is 0 Å². The van der Waals surface area contributed by atoms with E-state index in [1.165, 1.54) is 0 Å². The van der Waals surface area contributed by atoms with Crippen LogP contribution in [0.4, 0.5) is 0 Å². The number of aromatic nitrogens is 3. The predicted molar refractivity (Wildman–Crippen MR) is 72.7 cm³/mol. The predicted octanol–water partition coefficient (Wildman–Crippen LogP) is 2.53. The Morgan fingerprint density at radius 2 is 2.11 bits per heavy atom. The highest BCUT2D eigenvalue weighted by atomic mass is 16.1. The van der Waals surface area contributed by atoms with Gasteiger partial charge in [-0.25, -0.2) is 4.98 Å². The van der Waals surface area contributed by atoms with Gasteiger partial charge < -0.3 is 9.55 Å². The molecule has 4 nitrogen and oxygen atoms in total. The Kier molecular flexibility index (Phi) is 2.44. The van der Waals surface area contributed by atoms with Crippen LogP contribution in [0.15, 0.2) is 35.4 Å². The number of nitrogens with one attached hydrogen (secondary N) is 1. The van der Waals surface area contributed by atoms with Gasteiger partial charge in [-0.05, 0) is 12.0 Å². The average molecular weight is 241 g/mol. The summed E-state index contributed by atoms with van der Waals surface area (Å²) in [5.74, 6) is 0.419. The van der Waals surface area contributed by atoms with E-state index in [-0.39, 0.29) is 5.56 Å². The second-order valence-corrected chi connectivity index (χ2v) is 4.95. The topological polar surface area (TPSA) is 50.7 Å². The van der Waals surface area contributed by atoms with E-state index in [9.17, 15) is 4.79 Å². The SMILES string of the molecule is CC(C)Cn1c(=O)c2nc[nH]c2c2ccccc21. The minimum Gasteiger partial charge on any atom is -0.344 e. The van der Waals surface area contributed by atoms with E-state index in [0.717, 1.165) is 16.4 Å². The smallest absolute Gasteiger partial charge is 0.279 e. The number of hydrogen-bond donors (Lipinski definition) is 1. The van der Waals surface area contributed by atoms with Gasteiger partial charge in [0.25, 0.3) is 5.56 Å². The fourth-order valence-electron chi connectivity index (χ4n) is 2.37. The van der Waals surface area contributed by atoms with E-state index in [4.69, 9.17) is 0 Å². The Morgan fingerprint density at radius 1 is 1.33 bits per heavy atom. The second kappa shape index (κ2) is 3.98. The van der Waals surface area contributed by atoms with E-state index in [2.05, 4.69) is 23.8 Å². The van der Waals surface area contributed by atoms with Gasteiger partial charge in [0.05, 0.1) is 17.4 Å². The van der Waals surface area contributed by atoms with Gasteiger partial charge in [0.2, 0.25) is 0 Å². The zero-order valence-electron chi connectivity index (χ0n) is 10.5. The molecule has 0 aliphatic carbocycles. The maximum atomic E-state index is 12.4. The summed E-state index contributed by atoms with van der Waals surface area (Å²) in [5, 5.41) is 1.05. The van der Waals surface area contributed by atoms with Gasteiger partial charge in [-0.2, -0.15) is 0 Å². The van der Waals surface area contributed by atoms with Crippen molar-refractivity contribution >= 4 is 21.9 Å². The molecule has 4 heteroatoms. The molecule has 18 heavy (non-hydrogen) atoms. The Bertz CT molecular complexity index is 767. The van der Waals surface area contributed by atoms with Gasteiger partial charge in [-0.3, -0.25) is 4.79 Å². The first-order valence-corrected chi connectivity index (χ1v) is 6.13. The Labute approximate surface area is 104 Å². The molecule has 0 fully saturated rings. The molecule has 1 aromatic carbocycles. The van der Waals surface area contributed by atoms with Gasteiger partial charge in [-0.1, -0.05) is 32.0 Å². The standard InChI is InChI=1S/C14H15N3O/c1-9(2)7-17-11-6-4-3-5-10(11)12-13(14(17)18)16-8-15-12/h3-6,8-9H,7H2,1-2H3,(H,15,16). The van der Waals surface area contributed by atoms with E-state index in [1.807, 2.05) is 28.8 Å². The minimum absolute atomic E-state index is 0.0151. The van der Waals surface area contributed by atoms with Crippen LogP contribution in [0.1, 0.15) is 13.8 Å². The molecule has 3 rings (SSSR count). The van der Waals surface area contributed by atoms with Crippen molar-refractivity contribution in [2.24, 2.45) is 5.92 Å². The third-order valence-electron chi connectivity index (χ3n) is 3.10. The highest BCUT2D eigenvalue weighted by Gasteiger charge is 2.12. The lowest BCUT2D eigenvalue weighted by molar-refractivity contribution is 0.525. The molecule has 0 amide bonds. The largest absolute Gasteiger partial charge is 0.344 e. The molecule has 0 radical (unpaired) electrons.